The Morgan fingerprint density at radius 2 is 1.39 bits per heavy atom. The van der Waals surface area contributed by atoms with Crippen molar-refractivity contribution >= 4 is 39.7 Å². The van der Waals surface area contributed by atoms with Gasteiger partial charge in [-0.1, -0.05) is 58.0 Å². The lowest BCUT2D eigenvalue weighted by Gasteiger charge is -2.35. The summed E-state index contributed by atoms with van der Waals surface area (Å²) in [6.07, 6.45) is 4.13. The van der Waals surface area contributed by atoms with Gasteiger partial charge in [-0.05, 0) is 83.7 Å². The molecule has 56 heavy (non-hydrogen) atoms. The predicted molar refractivity (Wildman–Crippen MR) is 211 cm³/mol. The quantitative estimate of drug-likeness (QED) is 0.119. The Hall–Kier alpha value is -5.31. The minimum absolute atomic E-state index is 0.0355. The molecule has 3 aliphatic rings. The fraction of sp³-hybridized carbons (Fsp3) is 0.452. The molecule has 14 nitrogen and oxygen atoms in total. The Morgan fingerprint density at radius 3 is 2.04 bits per heavy atom. The monoisotopic (exact) mass is 762 g/mol. The SMILES string of the molecule is COC(=O)N[C@H](C(=O)N1CCC[C@H]1c1nc(-c2ccc3cc(-c4ccc5[nH]c([C@@H]6CCCN6C(=O)[C@@H](NC6OCO6)C(C)C)nc5c4)ccc3c2)c[nH]1)C(C)C. The van der Waals surface area contributed by atoms with E-state index >= 15 is 0 Å². The van der Waals surface area contributed by atoms with Gasteiger partial charge in [-0.2, -0.15) is 0 Å². The van der Waals surface area contributed by atoms with Crippen molar-refractivity contribution < 1.29 is 28.6 Å². The maximum Gasteiger partial charge on any atom is 0.407 e. The van der Waals surface area contributed by atoms with Crippen LogP contribution in [0.2, 0.25) is 0 Å². The molecule has 0 saturated carbocycles. The van der Waals surface area contributed by atoms with Gasteiger partial charge in [0.2, 0.25) is 18.2 Å². The summed E-state index contributed by atoms with van der Waals surface area (Å²) in [4.78, 5) is 59.9. The topological polar surface area (TPSA) is 167 Å². The molecule has 5 aromatic rings. The first-order valence-corrected chi connectivity index (χ1v) is 19.6. The van der Waals surface area contributed by atoms with E-state index in [1.165, 1.54) is 7.11 Å². The van der Waals surface area contributed by atoms with Crippen molar-refractivity contribution in [3.8, 4) is 22.4 Å². The van der Waals surface area contributed by atoms with Crippen molar-refractivity contribution in [3.63, 3.8) is 0 Å². The van der Waals surface area contributed by atoms with E-state index in [2.05, 4.69) is 75.2 Å². The number of aromatic nitrogens is 4. The summed E-state index contributed by atoms with van der Waals surface area (Å²) in [6, 6.07) is 17.6. The standard InChI is InChI=1S/C42H50N8O6/c1-23(2)35(47-41(53)54-5)39(51)49-16-6-8-33(49)37-43-21-32(46-37)29-13-12-25-18-26(10-11-27(25)19-29)28-14-15-30-31(20-28)45-38(44-30)34-9-7-17-50(34)40(52)36(24(3)4)48-42-55-22-56-42/h10-15,18-21,23-24,33-36,42,48H,6-9,16-17,22H2,1-5H3,(H,43,46)(H,44,45)(H,47,53)/t33-,34-,35-,36-/m0/s1. The maximum atomic E-state index is 13.8. The largest absolute Gasteiger partial charge is 0.453 e. The molecule has 2 aromatic heterocycles. The highest BCUT2D eigenvalue weighted by molar-refractivity contribution is 5.92. The molecule has 0 radical (unpaired) electrons. The smallest absolute Gasteiger partial charge is 0.407 e. The number of carbonyl (C=O) groups excluding carboxylic acids is 3. The van der Waals surface area contributed by atoms with Gasteiger partial charge in [0.05, 0.1) is 42.0 Å². The molecular formula is C42H50N8O6. The number of alkyl carbamates (subject to hydrolysis) is 1. The van der Waals surface area contributed by atoms with Gasteiger partial charge in [0, 0.05) is 24.8 Å². The Bertz CT molecular complexity index is 2240. The minimum Gasteiger partial charge on any atom is -0.453 e. The molecule has 0 unspecified atom stereocenters. The zero-order valence-electron chi connectivity index (χ0n) is 32.5. The van der Waals surface area contributed by atoms with Gasteiger partial charge in [0.15, 0.2) is 6.79 Å². The van der Waals surface area contributed by atoms with Gasteiger partial charge >= 0.3 is 6.09 Å². The van der Waals surface area contributed by atoms with Crippen molar-refractivity contribution in [3.05, 3.63) is 72.4 Å². The first-order valence-electron chi connectivity index (χ1n) is 19.6. The minimum atomic E-state index is -0.684. The van der Waals surface area contributed by atoms with Crippen LogP contribution in [0.4, 0.5) is 4.79 Å². The van der Waals surface area contributed by atoms with Gasteiger partial charge in [0.1, 0.15) is 17.7 Å². The number of H-pyrrole nitrogens is 2. The van der Waals surface area contributed by atoms with Gasteiger partial charge in [-0.15, -0.1) is 0 Å². The number of nitrogens with one attached hydrogen (secondary N) is 4. The van der Waals surface area contributed by atoms with Crippen LogP contribution in [0.1, 0.15) is 77.1 Å². The first kappa shape index (κ1) is 37.6. The molecule has 4 atom stereocenters. The van der Waals surface area contributed by atoms with E-state index in [-0.39, 0.29) is 42.5 Å². The number of aromatic amines is 2. The van der Waals surface area contributed by atoms with Gasteiger partial charge < -0.3 is 39.3 Å². The maximum absolute atomic E-state index is 13.8. The Balaban J connectivity index is 0.977. The first-order chi connectivity index (χ1) is 27.1. The van der Waals surface area contributed by atoms with Crippen LogP contribution in [-0.2, 0) is 23.8 Å². The normalized spacial score (nSPS) is 19.9. The third-order valence-corrected chi connectivity index (χ3v) is 11.4. The molecule has 3 amide bonds. The zero-order valence-corrected chi connectivity index (χ0v) is 32.5. The van der Waals surface area contributed by atoms with Crippen LogP contribution in [-0.4, -0.2) is 93.1 Å². The van der Waals surface area contributed by atoms with E-state index in [4.69, 9.17) is 24.2 Å². The number of benzene rings is 3. The van der Waals surface area contributed by atoms with Gasteiger partial charge in [-0.3, -0.25) is 14.9 Å². The molecule has 8 rings (SSSR count). The number of methoxy groups -OCH3 is 1. The highest BCUT2D eigenvalue weighted by Gasteiger charge is 2.39. The van der Waals surface area contributed by atoms with E-state index in [1.807, 2.05) is 43.7 Å². The lowest BCUT2D eigenvalue weighted by Crippen LogP contribution is -2.56. The highest BCUT2D eigenvalue weighted by atomic mass is 16.9. The number of likely N-dealkylation sites (tertiary alicyclic amines) is 2. The van der Waals surface area contributed by atoms with Crippen LogP contribution >= 0.6 is 0 Å². The average Bonchev–Trinajstić information content (AvgIpc) is 4.01. The lowest BCUT2D eigenvalue weighted by molar-refractivity contribution is -0.335. The number of ether oxygens (including phenoxy) is 3. The van der Waals surface area contributed by atoms with Crippen molar-refractivity contribution in [2.75, 3.05) is 27.0 Å². The van der Waals surface area contributed by atoms with Crippen LogP contribution < -0.4 is 10.6 Å². The molecule has 3 aromatic carbocycles. The lowest BCUT2D eigenvalue weighted by atomic mass is 9.99. The number of nitrogens with zero attached hydrogens (tertiary/aromatic N) is 4. The van der Waals surface area contributed by atoms with Crippen molar-refractivity contribution in [2.45, 2.75) is 84.0 Å². The molecular weight excluding hydrogens is 713 g/mol. The molecule has 3 aliphatic heterocycles. The number of rotatable bonds is 11. The van der Waals surface area contributed by atoms with Gasteiger partial charge in [0.25, 0.3) is 0 Å². The fourth-order valence-corrected chi connectivity index (χ4v) is 8.22. The van der Waals surface area contributed by atoms with E-state index < -0.39 is 24.6 Å². The molecule has 4 N–H and O–H groups in total. The number of carbonyl (C=O) groups is 3. The summed E-state index contributed by atoms with van der Waals surface area (Å²) in [7, 11) is 1.30. The number of amides is 3. The summed E-state index contributed by atoms with van der Waals surface area (Å²) in [6.45, 7) is 9.39. The second-order valence-electron chi connectivity index (χ2n) is 15.7. The van der Waals surface area contributed by atoms with E-state index in [0.29, 0.717) is 13.1 Å². The number of imidazole rings is 2. The van der Waals surface area contributed by atoms with Crippen LogP contribution in [0.25, 0.3) is 44.2 Å². The Labute approximate surface area is 325 Å². The summed E-state index contributed by atoms with van der Waals surface area (Å²) in [5.41, 5.74) is 5.71. The number of fused-ring (bicyclic) bond motifs is 2. The Morgan fingerprint density at radius 1 is 0.786 bits per heavy atom. The van der Waals surface area contributed by atoms with Gasteiger partial charge in [-0.25, -0.2) is 14.8 Å². The molecule has 294 valence electrons. The van der Waals surface area contributed by atoms with Crippen LogP contribution in [0.3, 0.4) is 0 Å². The molecule has 14 heteroatoms. The Kier molecular flexibility index (Phi) is 10.5. The van der Waals surface area contributed by atoms with E-state index in [9.17, 15) is 14.4 Å². The average molecular weight is 763 g/mol. The van der Waals surface area contributed by atoms with Crippen LogP contribution in [0.15, 0.2) is 60.8 Å². The molecule has 3 fully saturated rings. The second kappa shape index (κ2) is 15.7. The number of hydrogen-bond donors (Lipinski definition) is 4. The fourth-order valence-electron chi connectivity index (χ4n) is 8.22. The highest BCUT2D eigenvalue weighted by Crippen LogP contribution is 2.36. The molecule has 0 spiro atoms. The van der Waals surface area contributed by atoms with Crippen LogP contribution in [0.5, 0.6) is 0 Å². The molecule has 0 bridgehead atoms. The second-order valence-corrected chi connectivity index (χ2v) is 15.7. The molecule has 0 aliphatic carbocycles. The summed E-state index contributed by atoms with van der Waals surface area (Å²) >= 11 is 0. The van der Waals surface area contributed by atoms with E-state index in [1.54, 1.807) is 0 Å². The van der Waals surface area contributed by atoms with Crippen molar-refractivity contribution in [2.24, 2.45) is 11.8 Å². The summed E-state index contributed by atoms with van der Waals surface area (Å²) in [5.74, 6) is 1.40. The third kappa shape index (κ3) is 7.36. The summed E-state index contributed by atoms with van der Waals surface area (Å²) < 4.78 is 15.5. The molecule has 3 saturated heterocycles. The van der Waals surface area contributed by atoms with Crippen molar-refractivity contribution in [1.82, 2.24) is 40.4 Å². The number of hydrogen-bond acceptors (Lipinski definition) is 9. The predicted octanol–water partition coefficient (Wildman–Crippen LogP) is 6.38. The van der Waals surface area contributed by atoms with E-state index in [0.717, 1.165) is 81.5 Å². The van der Waals surface area contributed by atoms with Crippen LogP contribution in [0, 0.1) is 11.8 Å². The third-order valence-electron chi connectivity index (χ3n) is 11.4. The summed E-state index contributed by atoms with van der Waals surface area (Å²) in [5, 5.41) is 8.10. The van der Waals surface area contributed by atoms with Crippen molar-refractivity contribution in [1.29, 1.82) is 0 Å². The zero-order chi connectivity index (χ0) is 39.1. The molecule has 5 heterocycles.